The maximum atomic E-state index is 8.91. The molecule has 0 radical (unpaired) electrons. The average Bonchev–Trinajstić information content (AvgIpc) is 3.20. The number of hydrogen-bond donors (Lipinski definition) is 0. The standard InChI is InChI=1S/C17H12N6/c1-22-10-14(7-21-22)15-11-23-16(8-20-17(23)9-19-15)13-4-2-12(6-18)3-5-13/h2-5,7-11H,1H3. The molecule has 4 aromatic rings. The third-order valence-corrected chi connectivity index (χ3v) is 3.71. The first kappa shape index (κ1) is 13.2. The fourth-order valence-corrected chi connectivity index (χ4v) is 2.52. The van der Waals surface area contributed by atoms with Crippen LogP contribution in [0.3, 0.4) is 0 Å². The highest BCUT2D eigenvalue weighted by molar-refractivity contribution is 5.66. The Labute approximate surface area is 132 Å². The van der Waals surface area contributed by atoms with Crippen LogP contribution in [0.15, 0.2) is 55.2 Å². The minimum absolute atomic E-state index is 0.639. The fraction of sp³-hybridized carbons (Fsp3) is 0.0588. The van der Waals surface area contributed by atoms with E-state index >= 15 is 0 Å². The molecule has 0 N–H and O–H groups in total. The van der Waals surface area contributed by atoms with Crippen LogP contribution in [0.4, 0.5) is 0 Å². The van der Waals surface area contributed by atoms with Gasteiger partial charge in [-0.15, -0.1) is 0 Å². The first-order chi connectivity index (χ1) is 11.2. The lowest BCUT2D eigenvalue weighted by molar-refractivity contribution is 0.768. The molecule has 0 bridgehead atoms. The largest absolute Gasteiger partial charge is 0.296 e. The van der Waals surface area contributed by atoms with Gasteiger partial charge in [-0.1, -0.05) is 12.1 Å². The molecule has 6 nitrogen and oxygen atoms in total. The van der Waals surface area contributed by atoms with Crippen LogP contribution in [0.2, 0.25) is 0 Å². The summed E-state index contributed by atoms with van der Waals surface area (Å²) < 4.78 is 3.74. The summed E-state index contributed by atoms with van der Waals surface area (Å²) in [6, 6.07) is 9.58. The van der Waals surface area contributed by atoms with Crippen LogP contribution in [-0.2, 0) is 7.05 Å². The lowest BCUT2D eigenvalue weighted by atomic mass is 10.1. The summed E-state index contributed by atoms with van der Waals surface area (Å²) in [7, 11) is 1.88. The SMILES string of the molecule is Cn1cc(-c2cn3c(-c4ccc(C#N)cc4)cnc3cn2)cn1. The van der Waals surface area contributed by atoms with E-state index in [0.717, 1.165) is 28.2 Å². The third kappa shape index (κ3) is 2.24. The Kier molecular flexibility index (Phi) is 2.91. The number of nitriles is 1. The summed E-state index contributed by atoms with van der Waals surface area (Å²) in [4.78, 5) is 8.84. The van der Waals surface area contributed by atoms with Crippen LogP contribution < -0.4 is 0 Å². The Balaban J connectivity index is 1.85. The van der Waals surface area contributed by atoms with Crippen molar-refractivity contribution in [2.24, 2.45) is 7.05 Å². The molecule has 6 heteroatoms. The van der Waals surface area contributed by atoms with Crippen LogP contribution in [0.5, 0.6) is 0 Å². The van der Waals surface area contributed by atoms with Crippen molar-refractivity contribution in [1.82, 2.24) is 24.1 Å². The summed E-state index contributed by atoms with van der Waals surface area (Å²) >= 11 is 0. The zero-order valence-electron chi connectivity index (χ0n) is 12.4. The smallest absolute Gasteiger partial charge is 0.155 e. The second-order valence-corrected chi connectivity index (χ2v) is 5.24. The van der Waals surface area contributed by atoms with Gasteiger partial charge in [-0.3, -0.25) is 14.1 Å². The third-order valence-electron chi connectivity index (χ3n) is 3.71. The molecule has 4 rings (SSSR count). The van der Waals surface area contributed by atoms with Crippen LogP contribution >= 0.6 is 0 Å². The van der Waals surface area contributed by atoms with Gasteiger partial charge < -0.3 is 0 Å². The van der Waals surface area contributed by atoms with Crippen LogP contribution in [-0.4, -0.2) is 24.1 Å². The lowest BCUT2D eigenvalue weighted by Crippen LogP contribution is -1.92. The number of fused-ring (bicyclic) bond motifs is 1. The summed E-state index contributed by atoms with van der Waals surface area (Å²) in [5.74, 6) is 0. The molecule has 110 valence electrons. The van der Waals surface area contributed by atoms with E-state index in [4.69, 9.17) is 5.26 Å². The minimum Gasteiger partial charge on any atom is -0.296 e. The highest BCUT2D eigenvalue weighted by Crippen LogP contribution is 2.23. The quantitative estimate of drug-likeness (QED) is 0.570. The second-order valence-electron chi connectivity index (χ2n) is 5.24. The van der Waals surface area contributed by atoms with Gasteiger partial charge in [0.2, 0.25) is 0 Å². The van der Waals surface area contributed by atoms with Gasteiger partial charge in [0.15, 0.2) is 5.65 Å². The van der Waals surface area contributed by atoms with Crippen molar-refractivity contribution in [2.45, 2.75) is 0 Å². The van der Waals surface area contributed by atoms with Crippen molar-refractivity contribution in [2.75, 3.05) is 0 Å². The van der Waals surface area contributed by atoms with Crippen LogP contribution in [0.25, 0.3) is 28.2 Å². The molecule has 3 aromatic heterocycles. The van der Waals surface area contributed by atoms with E-state index in [0.29, 0.717) is 5.56 Å². The van der Waals surface area contributed by atoms with Gasteiger partial charge in [-0.2, -0.15) is 10.4 Å². The van der Waals surface area contributed by atoms with Gasteiger partial charge in [0.1, 0.15) is 0 Å². The van der Waals surface area contributed by atoms with Crippen molar-refractivity contribution in [3.8, 4) is 28.6 Å². The van der Waals surface area contributed by atoms with Gasteiger partial charge in [0, 0.05) is 30.6 Å². The van der Waals surface area contributed by atoms with E-state index in [1.54, 1.807) is 29.2 Å². The predicted octanol–water partition coefficient (Wildman–Crippen LogP) is 2.67. The normalized spacial score (nSPS) is 10.8. The van der Waals surface area contributed by atoms with Gasteiger partial charge >= 0.3 is 0 Å². The zero-order chi connectivity index (χ0) is 15.8. The second kappa shape index (κ2) is 5.07. The van der Waals surface area contributed by atoms with E-state index in [-0.39, 0.29) is 0 Å². The van der Waals surface area contributed by atoms with Crippen LogP contribution in [0.1, 0.15) is 5.56 Å². The van der Waals surface area contributed by atoms with E-state index in [9.17, 15) is 0 Å². The Morgan fingerprint density at radius 2 is 1.78 bits per heavy atom. The average molecular weight is 300 g/mol. The molecule has 0 atom stereocenters. The number of benzene rings is 1. The summed E-state index contributed by atoms with van der Waals surface area (Å²) in [5.41, 5.74) is 5.15. The Hall–Kier alpha value is -3.46. The Bertz CT molecular complexity index is 1030. The zero-order valence-corrected chi connectivity index (χ0v) is 12.4. The van der Waals surface area contributed by atoms with Crippen molar-refractivity contribution in [3.63, 3.8) is 0 Å². The topological polar surface area (TPSA) is 71.8 Å². The first-order valence-corrected chi connectivity index (χ1v) is 7.07. The van der Waals surface area contributed by atoms with Crippen LogP contribution in [0, 0.1) is 11.3 Å². The number of rotatable bonds is 2. The van der Waals surface area contributed by atoms with E-state index in [1.807, 2.05) is 42.2 Å². The molecule has 0 spiro atoms. The molecular formula is C17H12N6. The first-order valence-electron chi connectivity index (χ1n) is 7.07. The Morgan fingerprint density at radius 3 is 2.48 bits per heavy atom. The van der Waals surface area contributed by atoms with Crippen molar-refractivity contribution in [1.29, 1.82) is 5.26 Å². The molecule has 0 saturated heterocycles. The van der Waals surface area contributed by atoms with Crippen molar-refractivity contribution < 1.29 is 0 Å². The summed E-state index contributed by atoms with van der Waals surface area (Å²) in [5, 5.41) is 13.1. The van der Waals surface area contributed by atoms with E-state index in [2.05, 4.69) is 21.1 Å². The molecule has 0 aliphatic carbocycles. The van der Waals surface area contributed by atoms with Gasteiger partial charge in [-0.05, 0) is 12.1 Å². The summed E-state index contributed by atoms with van der Waals surface area (Å²) in [6.07, 6.45) is 9.22. The molecule has 0 unspecified atom stereocenters. The molecule has 0 aliphatic rings. The number of nitrogens with zero attached hydrogens (tertiary/aromatic N) is 6. The van der Waals surface area contributed by atoms with Gasteiger partial charge in [0.25, 0.3) is 0 Å². The fourth-order valence-electron chi connectivity index (χ4n) is 2.52. The maximum Gasteiger partial charge on any atom is 0.155 e. The van der Waals surface area contributed by atoms with Gasteiger partial charge in [-0.25, -0.2) is 4.98 Å². The molecule has 0 amide bonds. The highest BCUT2D eigenvalue weighted by atomic mass is 15.2. The molecular weight excluding hydrogens is 288 g/mol. The lowest BCUT2D eigenvalue weighted by Gasteiger charge is -2.04. The molecule has 0 fully saturated rings. The maximum absolute atomic E-state index is 8.91. The van der Waals surface area contributed by atoms with Gasteiger partial charge in [0.05, 0.1) is 41.6 Å². The number of aromatic nitrogens is 5. The predicted molar refractivity (Wildman–Crippen MR) is 85.3 cm³/mol. The number of aryl methyl sites for hydroxylation is 1. The number of imidazole rings is 1. The van der Waals surface area contributed by atoms with E-state index < -0.39 is 0 Å². The monoisotopic (exact) mass is 300 g/mol. The molecule has 23 heavy (non-hydrogen) atoms. The summed E-state index contributed by atoms with van der Waals surface area (Å²) in [6.45, 7) is 0. The molecule has 3 heterocycles. The number of hydrogen-bond acceptors (Lipinski definition) is 4. The molecule has 0 saturated carbocycles. The Morgan fingerprint density at radius 1 is 0.957 bits per heavy atom. The molecule has 0 aliphatic heterocycles. The highest BCUT2D eigenvalue weighted by Gasteiger charge is 2.09. The molecule has 1 aromatic carbocycles. The van der Waals surface area contributed by atoms with Crippen molar-refractivity contribution in [3.05, 3.63) is 60.8 Å². The van der Waals surface area contributed by atoms with E-state index in [1.165, 1.54) is 0 Å². The minimum atomic E-state index is 0.639. The van der Waals surface area contributed by atoms with Crippen molar-refractivity contribution >= 4 is 5.65 Å².